The van der Waals surface area contributed by atoms with Crippen molar-refractivity contribution in [3.8, 4) is 0 Å². The molecule has 0 aliphatic carbocycles. The quantitative estimate of drug-likeness (QED) is 0.599. The van der Waals surface area contributed by atoms with Crippen LogP contribution >= 0.6 is 11.6 Å². The van der Waals surface area contributed by atoms with Crippen LogP contribution < -0.4 is 0 Å². The van der Waals surface area contributed by atoms with Gasteiger partial charge in [-0.3, -0.25) is 9.36 Å². The van der Waals surface area contributed by atoms with E-state index in [2.05, 4.69) is 9.72 Å². The number of rotatable bonds is 3. The second-order valence-electron chi connectivity index (χ2n) is 3.41. The third-order valence-corrected chi connectivity index (χ3v) is 2.82. The van der Waals surface area contributed by atoms with E-state index < -0.39 is 11.5 Å². The summed E-state index contributed by atoms with van der Waals surface area (Å²) in [6, 6.07) is 0. The maximum Gasteiger partial charge on any atom is 0.374 e. The first-order chi connectivity index (χ1) is 7.40. The second-order valence-corrected chi connectivity index (χ2v) is 3.83. The van der Waals surface area contributed by atoms with Crippen LogP contribution in [0.4, 0.5) is 0 Å². The van der Waals surface area contributed by atoms with Gasteiger partial charge in [0.1, 0.15) is 0 Å². The van der Waals surface area contributed by atoms with E-state index in [0.717, 1.165) is 0 Å². The van der Waals surface area contributed by atoms with Gasteiger partial charge in [-0.05, 0) is 20.8 Å². The van der Waals surface area contributed by atoms with Crippen LogP contribution in [0, 0.1) is 13.8 Å². The van der Waals surface area contributed by atoms with Gasteiger partial charge >= 0.3 is 5.97 Å². The smallest absolute Gasteiger partial charge is 0.374 e. The molecule has 0 aliphatic heterocycles. The van der Waals surface area contributed by atoms with Crippen molar-refractivity contribution >= 4 is 23.4 Å². The standard InChI is InChI=1S/C10H13ClN2O3/c1-5-6(2)13(8(11)7(3)14)9(12-5)10(15)16-4/h8H,1-4H3. The van der Waals surface area contributed by atoms with Gasteiger partial charge in [-0.1, -0.05) is 11.6 Å². The molecule has 1 aromatic heterocycles. The van der Waals surface area contributed by atoms with Crippen molar-refractivity contribution in [2.75, 3.05) is 7.11 Å². The zero-order chi connectivity index (χ0) is 12.5. The van der Waals surface area contributed by atoms with Gasteiger partial charge < -0.3 is 4.74 Å². The zero-order valence-corrected chi connectivity index (χ0v) is 10.3. The predicted molar refractivity (Wildman–Crippen MR) is 58.6 cm³/mol. The van der Waals surface area contributed by atoms with Gasteiger partial charge in [0.15, 0.2) is 11.3 Å². The first-order valence-corrected chi connectivity index (χ1v) is 5.12. The summed E-state index contributed by atoms with van der Waals surface area (Å²) in [5, 5.41) is 0. The third-order valence-electron chi connectivity index (χ3n) is 2.32. The van der Waals surface area contributed by atoms with Gasteiger partial charge in [-0.2, -0.15) is 0 Å². The summed E-state index contributed by atoms with van der Waals surface area (Å²) in [5.74, 6) is -0.817. The first-order valence-electron chi connectivity index (χ1n) is 4.68. The number of methoxy groups -OCH3 is 1. The number of imidazole rings is 1. The van der Waals surface area contributed by atoms with E-state index in [1.807, 2.05) is 0 Å². The zero-order valence-electron chi connectivity index (χ0n) is 9.57. The van der Waals surface area contributed by atoms with Gasteiger partial charge in [0.05, 0.1) is 12.8 Å². The maximum atomic E-state index is 11.5. The van der Waals surface area contributed by atoms with E-state index in [9.17, 15) is 9.59 Å². The highest BCUT2D eigenvalue weighted by atomic mass is 35.5. The summed E-state index contributed by atoms with van der Waals surface area (Å²) < 4.78 is 5.96. The number of aryl methyl sites for hydroxylation is 1. The number of nitrogens with zero attached hydrogens (tertiary/aromatic N) is 2. The van der Waals surface area contributed by atoms with Crippen LogP contribution in [-0.4, -0.2) is 28.4 Å². The molecular weight excluding hydrogens is 232 g/mol. The summed E-state index contributed by atoms with van der Waals surface area (Å²) in [4.78, 5) is 26.7. The van der Waals surface area contributed by atoms with Gasteiger partial charge in [0.25, 0.3) is 0 Å². The van der Waals surface area contributed by atoms with Crippen LogP contribution in [-0.2, 0) is 9.53 Å². The molecule has 0 radical (unpaired) electrons. The van der Waals surface area contributed by atoms with Crippen LogP contribution in [0.25, 0.3) is 0 Å². The molecule has 0 aliphatic rings. The van der Waals surface area contributed by atoms with E-state index in [4.69, 9.17) is 11.6 Å². The maximum absolute atomic E-state index is 11.5. The molecule has 1 rings (SSSR count). The van der Waals surface area contributed by atoms with Gasteiger partial charge in [-0.25, -0.2) is 9.78 Å². The van der Waals surface area contributed by atoms with Crippen LogP contribution in [0.2, 0.25) is 0 Å². The van der Waals surface area contributed by atoms with Crippen LogP contribution in [0.3, 0.4) is 0 Å². The van der Waals surface area contributed by atoms with Crippen LogP contribution in [0.5, 0.6) is 0 Å². The molecule has 1 atom stereocenters. The molecule has 1 aromatic rings. The number of alkyl halides is 1. The molecule has 1 unspecified atom stereocenters. The Kier molecular flexibility index (Phi) is 3.70. The van der Waals surface area contributed by atoms with Crippen molar-refractivity contribution in [2.45, 2.75) is 26.3 Å². The summed E-state index contributed by atoms with van der Waals surface area (Å²) in [7, 11) is 1.25. The number of hydrogen-bond acceptors (Lipinski definition) is 4. The summed E-state index contributed by atoms with van der Waals surface area (Å²) in [6.45, 7) is 4.84. The lowest BCUT2D eigenvalue weighted by Gasteiger charge is -2.12. The molecular formula is C10H13ClN2O3. The molecule has 0 aromatic carbocycles. The fraction of sp³-hybridized carbons (Fsp3) is 0.500. The number of esters is 1. The third kappa shape index (κ3) is 2.09. The highest BCUT2D eigenvalue weighted by Crippen LogP contribution is 2.21. The second kappa shape index (κ2) is 4.65. The van der Waals surface area contributed by atoms with Crippen LogP contribution in [0.15, 0.2) is 0 Å². The topological polar surface area (TPSA) is 61.2 Å². The Hall–Kier alpha value is -1.36. The van der Waals surface area contributed by atoms with Crippen molar-refractivity contribution in [1.82, 2.24) is 9.55 Å². The molecule has 0 N–H and O–H groups in total. The molecule has 0 amide bonds. The minimum Gasteiger partial charge on any atom is -0.463 e. The Morgan fingerprint density at radius 2 is 2.00 bits per heavy atom. The lowest BCUT2D eigenvalue weighted by molar-refractivity contribution is -0.118. The lowest BCUT2D eigenvalue weighted by atomic mass is 10.3. The number of ether oxygens (including phenoxy) is 1. The summed E-state index contributed by atoms with van der Waals surface area (Å²) in [6.07, 6.45) is 0. The Bertz CT molecular complexity index is 440. The number of hydrogen-bond donors (Lipinski definition) is 0. The molecule has 0 saturated carbocycles. The molecule has 0 spiro atoms. The highest BCUT2D eigenvalue weighted by Gasteiger charge is 2.25. The monoisotopic (exact) mass is 244 g/mol. The molecule has 16 heavy (non-hydrogen) atoms. The predicted octanol–water partition coefficient (Wildman–Crippen LogP) is 1.61. The van der Waals surface area contributed by atoms with E-state index >= 15 is 0 Å². The minimum atomic E-state index is -0.935. The van der Waals surface area contributed by atoms with Crippen molar-refractivity contribution in [1.29, 1.82) is 0 Å². The van der Waals surface area contributed by atoms with E-state index in [1.165, 1.54) is 18.6 Å². The molecule has 0 bridgehead atoms. The SMILES string of the molecule is COC(=O)c1nc(C)c(C)n1C(Cl)C(C)=O. The summed E-state index contributed by atoms with van der Waals surface area (Å²) in [5.41, 5.74) is 0.387. The molecule has 0 saturated heterocycles. The highest BCUT2D eigenvalue weighted by molar-refractivity contribution is 6.28. The largest absolute Gasteiger partial charge is 0.463 e. The number of ketones is 1. The van der Waals surface area contributed by atoms with Gasteiger partial charge in [0, 0.05) is 5.69 Å². The number of halogens is 1. The first kappa shape index (κ1) is 12.7. The van der Waals surface area contributed by atoms with E-state index in [1.54, 1.807) is 13.8 Å². The molecule has 0 fully saturated rings. The van der Waals surface area contributed by atoms with E-state index in [-0.39, 0.29) is 11.6 Å². The fourth-order valence-electron chi connectivity index (χ4n) is 1.32. The Morgan fingerprint density at radius 1 is 1.44 bits per heavy atom. The average molecular weight is 245 g/mol. The number of carbonyl (C=O) groups is 2. The average Bonchev–Trinajstić information content (AvgIpc) is 2.53. The Morgan fingerprint density at radius 3 is 2.44 bits per heavy atom. The van der Waals surface area contributed by atoms with Gasteiger partial charge in [-0.15, -0.1) is 0 Å². The fourth-order valence-corrected chi connectivity index (χ4v) is 1.56. The molecule has 6 heteroatoms. The number of aromatic nitrogens is 2. The van der Waals surface area contributed by atoms with Crippen LogP contribution in [0.1, 0.15) is 34.4 Å². The van der Waals surface area contributed by atoms with Gasteiger partial charge in [0.2, 0.25) is 5.82 Å². The lowest BCUT2D eigenvalue weighted by Crippen LogP contribution is -2.19. The van der Waals surface area contributed by atoms with Crippen molar-refractivity contribution in [3.05, 3.63) is 17.2 Å². The van der Waals surface area contributed by atoms with E-state index in [0.29, 0.717) is 11.4 Å². The molecule has 1 heterocycles. The normalized spacial score (nSPS) is 12.3. The minimum absolute atomic E-state index is 0.0488. The summed E-state index contributed by atoms with van der Waals surface area (Å²) >= 11 is 5.93. The van der Waals surface area contributed by atoms with Crippen molar-refractivity contribution < 1.29 is 14.3 Å². The van der Waals surface area contributed by atoms with Crippen molar-refractivity contribution in [2.24, 2.45) is 0 Å². The van der Waals surface area contributed by atoms with Crippen molar-refractivity contribution in [3.63, 3.8) is 0 Å². The Balaban J connectivity index is 3.35. The number of carbonyl (C=O) groups excluding carboxylic acids is 2. The number of Topliss-reactive ketones (excluding diaryl/α,β-unsaturated/α-hetero) is 1. The molecule has 5 nitrogen and oxygen atoms in total. The molecule has 88 valence electrons. The Labute approximate surface area is 98.4 Å².